The summed E-state index contributed by atoms with van der Waals surface area (Å²) in [5, 5.41) is 19.7. The zero-order chi connectivity index (χ0) is 28.4. The first-order valence-electron chi connectivity index (χ1n) is 12.9. The second kappa shape index (κ2) is 11.7. The number of anilines is 1. The maximum atomic E-state index is 14.0. The predicted molar refractivity (Wildman–Crippen MR) is 157 cm³/mol. The molecule has 1 atom stereocenters. The van der Waals surface area contributed by atoms with Crippen LogP contribution in [0.5, 0.6) is 11.5 Å². The largest absolute Gasteiger partial charge is 0.494 e. The van der Waals surface area contributed by atoms with Gasteiger partial charge in [-0.15, -0.1) is 10.2 Å². The fourth-order valence-corrected chi connectivity index (χ4v) is 7.01. The van der Waals surface area contributed by atoms with Crippen LogP contribution in [-0.4, -0.2) is 90.4 Å². The Morgan fingerprint density at radius 1 is 1.10 bits per heavy atom. The van der Waals surface area contributed by atoms with Crippen LogP contribution in [0.3, 0.4) is 0 Å². The first kappa shape index (κ1) is 29.2. The third-order valence-corrected chi connectivity index (χ3v) is 10.1. The lowest BCUT2D eigenvalue weighted by Crippen LogP contribution is -2.43. The van der Waals surface area contributed by atoms with E-state index in [-0.39, 0.29) is 24.2 Å². The third kappa shape index (κ3) is 6.50. The molecule has 2 aromatic heterocycles. The van der Waals surface area contributed by atoms with Gasteiger partial charge in [-0.25, -0.2) is 22.8 Å². The van der Waals surface area contributed by atoms with Gasteiger partial charge in [0.1, 0.15) is 17.2 Å². The number of ether oxygens (including phenoxy) is 2. The zero-order valence-corrected chi connectivity index (χ0v) is 25.1. The molecule has 214 valence electrons. The summed E-state index contributed by atoms with van der Waals surface area (Å²) >= 11 is 0. The molecule has 1 fully saturated rings. The van der Waals surface area contributed by atoms with Crippen LogP contribution < -0.4 is 13.8 Å². The highest BCUT2D eigenvalue weighted by Crippen LogP contribution is 2.40. The van der Waals surface area contributed by atoms with Crippen LogP contribution in [0, 0.1) is 12.8 Å². The number of benzene rings is 1. The van der Waals surface area contributed by atoms with E-state index in [0.29, 0.717) is 34.3 Å². The number of hydrogen-bond acceptors (Lipinski definition) is 8. The monoisotopic (exact) mass is 577 g/mol. The Kier molecular flexibility index (Phi) is 8.77. The first-order valence-corrected chi connectivity index (χ1v) is 17.5. The highest BCUT2D eigenvalue weighted by Gasteiger charge is 2.36. The van der Waals surface area contributed by atoms with Crippen LogP contribution in [0.1, 0.15) is 24.8 Å². The fraction of sp³-hybridized carbons (Fsp3) is 0.519. The van der Waals surface area contributed by atoms with Crippen LogP contribution in [0.25, 0.3) is 17.1 Å². The maximum Gasteiger partial charge on any atom is 0.246 e. The summed E-state index contributed by atoms with van der Waals surface area (Å²) in [4.78, 5) is 4.32. The van der Waals surface area contributed by atoms with Gasteiger partial charge in [-0.2, -0.15) is 0 Å². The normalized spacial score (nSPS) is 15.5. The number of sulfonamides is 1. The van der Waals surface area contributed by atoms with E-state index in [9.17, 15) is 13.5 Å². The molecular weight excluding hydrogens is 538 g/mol. The number of para-hydroxylation sites is 1. The van der Waals surface area contributed by atoms with E-state index in [1.165, 1.54) is 4.31 Å². The number of aliphatic hydroxyl groups excluding tert-OH is 1. The van der Waals surface area contributed by atoms with Crippen LogP contribution in [0.4, 0.5) is 5.95 Å². The summed E-state index contributed by atoms with van der Waals surface area (Å²) in [7, 11) is -1.97. The summed E-state index contributed by atoms with van der Waals surface area (Å²) < 4.78 is 42.4. The maximum absolute atomic E-state index is 14.0. The van der Waals surface area contributed by atoms with Crippen molar-refractivity contribution < 1.29 is 23.0 Å². The summed E-state index contributed by atoms with van der Waals surface area (Å²) in [6, 6.07) is 7.26. The van der Waals surface area contributed by atoms with Gasteiger partial charge in [0.2, 0.25) is 16.0 Å². The van der Waals surface area contributed by atoms with E-state index in [1.54, 1.807) is 49.4 Å². The Bertz CT molecular complexity index is 1380. The molecule has 1 saturated carbocycles. The lowest BCUT2D eigenvalue weighted by Gasteiger charge is -2.33. The van der Waals surface area contributed by atoms with E-state index in [0.717, 1.165) is 24.8 Å². The lowest BCUT2D eigenvalue weighted by molar-refractivity contribution is 0.0802. The molecule has 0 radical (unpaired) electrons. The number of aliphatic hydroxyl groups is 1. The van der Waals surface area contributed by atoms with Gasteiger partial charge in [0.05, 0.1) is 26.1 Å². The summed E-state index contributed by atoms with van der Waals surface area (Å²) in [5.74, 6) is 1.69. The Balaban J connectivity index is 1.95. The Hall–Kier alpha value is -2.83. The smallest absolute Gasteiger partial charge is 0.246 e. The number of methoxy groups -OCH3 is 2. The number of hydrogen-bond donors (Lipinski definition) is 1. The Morgan fingerprint density at radius 2 is 1.77 bits per heavy atom. The van der Waals surface area contributed by atoms with Gasteiger partial charge in [-0.3, -0.25) is 9.55 Å². The topological polar surface area (TPSA) is 120 Å². The fourth-order valence-electron chi connectivity index (χ4n) is 4.55. The molecule has 12 heteroatoms. The third-order valence-electron chi connectivity index (χ3n) is 6.95. The molecule has 3 aromatic rings. The highest BCUT2D eigenvalue weighted by atomic mass is 32.3. The van der Waals surface area contributed by atoms with Crippen molar-refractivity contribution in [1.82, 2.24) is 19.7 Å². The molecule has 1 N–H and O–H groups in total. The van der Waals surface area contributed by atoms with Crippen molar-refractivity contribution in [1.29, 1.82) is 0 Å². The molecule has 4 rings (SSSR count). The minimum absolute atomic E-state index is 0.00373. The molecule has 39 heavy (non-hydrogen) atoms. The van der Waals surface area contributed by atoms with Crippen molar-refractivity contribution in [2.75, 3.05) is 55.3 Å². The molecular formula is C27H39N5O5S2. The summed E-state index contributed by atoms with van der Waals surface area (Å²) in [5.41, 5.74) is 2.05. The second-order valence-electron chi connectivity index (χ2n) is 10.8. The van der Waals surface area contributed by atoms with Crippen molar-refractivity contribution in [2.24, 2.45) is 5.92 Å². The van der Waals surface area contributed by atoms with Crippen molar-refractivity contribution in [2.45, 2.75) is 32.3 Å². The number of aryl methyl sites for hydroxylation is 1. The van der Waals surface area contributed by atoms with E-state index in [4.69, 9.17) is 9.47 Å². The number of nitrogens with zero attached hydrogens (tertiary/aromatic N) is 5. The second-order valence-corrected chi connectivity index (χ2v) is 17.4. The lowest BCUT2D eigenvalue weighted by atomic mass is 9.82. The molecule has 10 nitrogen and oxygen atoms in total. The molecule has 0 aliphatic heterocycles. The number of aromatic nitrogens is 4. The molecule has 1 aliphatic rings. The van der Waals surface area contributed by atoms with Crippen LogP contribution >= 0.6 is 10.0 Å². The number of pyridine rings is 1. The SMILES string of the molecule is COc1cccc(OC)c1-n1c(-c2cncc(C)c2)nnc1N(CCS(C)(C)C)S(=O)(=O)C[C@@H](O)C1CCC1. The minimum Gasteiger partial charge on any atom is -0.494 e. The highest BCUT2D eigenvalue weighted by molar-refractivity contribution is 8.32. The van der Waals surface area contributed by atoms with E-state index >= 15 is 0 Å². The molecule has 0 saturated heterocycles. The molecule has 0 bridgehead atoms. The van der Waals surface area contributed by atoms with Crippen LogP contribution in [0.15, 0.2) is 36.7 Å². The van der Waals surface area contributed by atoms with Crippen LogP contribution in [-0.2, 0) is 10.0 Å². The molecule has 2 heterocycles. The van der Waals surface area contributed by atoms with E-state index in [1.807, 2.05) is 13.0 Å². The Labute approximate surface area is 232 Å². The molecule has 0 spiro atoms. The first-order chi connectivity index (χ1) is 18.4. The standard InChI is InChI=1S/C27H39N5O5S2/c1-19-15-21(17-28-16-19)26-29-30-27(32(26)25-23(36-2)11-8-12-24(25)37-3)31(13-14-38(4,5)6)39(34,35)18-22(33)20-9-7-10-20/h8,11-12,15-17,20,22,33H,7,9-10,13-14,18H2,1-6H3/t22-/m1/s1. The quantitative estimate of drug-likeness (QED) is 0.347. The van der Waals surface area contributed by atoms with Crippen molar-refractivity contribution in [3.8, 4) is 28.6 Å². The van der Waals surface area contributed by atoms with Gasteiger partial charge >= 0.3 is 0 Å². The van der Waals surface area contributed by atoms with E-state index in [2.05, 4.69) is 33.9 Å². The van der Waals surface area contributed by atoms with Gasteiger partial charge in [-0.05, 0) is 74.0 Å². The van der Waals surface area contributed by atoms with Gasteiger partial charge < -0.3 is 14.6 Å². The van der Waals surface area contributed by atoms with Crippen molar-refractivity contribution in [3.05, 3.63) is 42.2 Å². The van der Waals surface area contributed by atoms with Crippen molar-refractivity contribution in [3.63, 3.8) is 0 Å². The van der Waals surface area contributed by atoms with Crippen molar-refractivity contribution >= 4 is 26.0 Å². The minimum atomic E-state index is -3.99. The van der Waals surface area contributed by atoms with Gasteiger partial charge in [0, 0.05) is 24.5 Å². The number of rotatable bonds is 12. The van der Waals surface area contributed by atoms with Gasteiger partial charge in [0.15, 0.2) is 5.82 Å². The summed E-state index contributed by atoms with van der Waals surface area (Å²) in [6.07, 6.45) is 11.6. The van der Waals surface area contributed by atoms with Crippen LogP contribution in [0.2, 0.25) is 0 Å². The summed E-state index contributed by atoms with van der Waals surface area (Å²) in [6.45, 7) is 2.12. The molecule has 1 aliphatic carbocycles. The Morgan fingerprint density at radius 3 is 2.31 bits per heavy atom. The van der Waals surface area contributed by atoms with E-state index < -0.39 is 26.2 Å². The average Bonchev–Trinajstić information content (AvgIpc) is 3.25. The van der Waals surface area contributed by atoms with Gasteiger partial charge in [0.25, 0.3) is 0 Å². The van der Waals surface area contributed by atoms with Gasteiger partial charge in [-0.1, -0.05) is 12.5 Å². The molecule has 1 aromatic carbocycles. The average molecular weight is 578 g/mol. The molecule has 0 amide bonds. The predicted octanol–water partition coefficient (Wildman–Crippen LogP) is 3.65. The molecule has 0 unspecified atom stereocenters. The zero-order valence-electron chi connectivity index (χ0n) is 23.5.